The van der Waals surface area contributed by atoms with Gasteiger partial charge in [-0.25, -0.2) is 19.8 Å². The Kier molecular flexibility index (Phi) is 12.8. The van der Waals surface area contributed by atoms with Crippen LogP contribution in [0.15, 0.2) is 30.6 Å². The Bertz CT molecular complexity index is 1640. The quantitative estimate of drug-likeness (QED) is 0.169. The van der Waals surface area contributed by atoms with E-state index in [0.29, 0.717) is 61.2 Å². The number of carbonyl (C=O) groups excluding carboxylic acids is 2. The summed E-state index contributed by atoms with van der Waals surface area (Å²) in [4.78, 5) is 48.2. The molecule has 1 aromatic carbocycles. The Hall–Kier alpha value is -2.93. The van der Waals surface area contributed by atoms with Crippen LogP contribution in [0, 0.1) is 12.5 Å². The Balaban J connectivity index is 0.00000520. The predicted molar refractivity (Wildman–Crippen MR) is 170 cm³/mol. The molecule has 2 aliphatic heterocycles. The first kappa shape index (κ1) is 37.9. The zero-order chi connectivity index (χ0) is 33.9. The van der Waals surface area contributed by atoms with E-state index in [9.17, 15) is 27.9 Å². The van der Waals surface area contributed by atoms with Crippen molar-refractivity contribution in [3.05, 3.63) is 63.2 Å². The van der Waals surface area contributed by atoms with Crippen molar-refractivity contribution >= 4 is 34.6 Å². The number of Topliss-reactive ketones (excluding diaryl/α,β-unsaturated/α-hetero) is 1. The number of likely N-dealkylation sites (tertiary alicyclic amines) is 1. The van der Waals surface area contributed by atoms with E-state index in [1.54, 1.807) is 6.20 Å². The largest absolute Gasteiger partial charge is 1.00 e. The number of ketones is 1. The minimum Gasteiger partial charge on any atom is -0.550 e. The maximum Gasteiger partial charge on any atom is 1.00 e. The second-order valence-corrected chi connectivity index (χ2v) is 13.7. The summed E-state index contributed by atoms with van der Waals surface area (Å²) in [7, 11) is 0. The molecule has 5 rings (SSSR count). The van der Waals surface area contributed by atoms with Gasteiger partial charge in [0.1, 0.15) is 16.5 Å². The van der Waals surface area contributed by atoms with Crippen LogP contribution in [0.5, 0.6) is 0 Å². The van der Waals surface area contributed by atoms with Gasteiger partial charge in [0.15, 0.2) is 11.5 Å². The number of thiazole rings is 1. The number of carboxylic acid groups (broad SMARTS) is 1. The fourth-order valence-electron chi connectivity index (χ4n) is 6.40. The number of aliphatic carboxylic acids is 1. The van der Waals surface area contributed by atoms with Crippen LogP contribution < -0.4 is 39.6 Å². The van der Waals surface area contributed by atoms with Gasteiger partial charge in [-0.3, -0.25) is 14.6 Å². The minimum atomic E-state index is -4.63. The third-order valence-electron chi connectivity index (χ3n) is 8.85. The molecule has 2 fully saturated rings. The van der Waals surface area contributed by atoms with E-state index >= 15 is 0 Å². The molecule has 250 valence electrons. The predicted octanol–water partition coefficient (Wildman–Crippen LogP) is 1.87. The van der Waals surface area contributed by atoms with Gasteiger partial charge in [-0.15, -0.1) is 11.3 Å². The number of nitrogens with zero attached hydrogens (tertiary/aromatic N) is 7. The molecule has 0 N–H and O–H groups in total. The van der Waals surface area contributed by atoms with Crippen LogP contribution in [-0.2, 0) is 23.9 Å². The molecule has 10 nitrogen and oxygen atoms in total. The molecule has 0 radical (unpaired) electrons. The van der Waals surface area contributed by atoms with Gasteiger partial charge in [-0.2, -0.15) is 13.2 Å². The number of alkyl halides is 3. The molecule has 48 heavy (non-hydrogen) atoms. The molecule has 2 aromatic heterocycles. The zero-order valence-corrected chi connectivity index (χ0v) is 30.4. The van der Waals surface area contributed by atoms with Crippen LogP contribution in [-0.4, -0.2) is 81.3 Å². The van der Waals surface area contributed by atoms with E-state index in [1.165, 1.54) is 23.6 Å². The number of carboxylic acids is 1. The van der Waals surface area contributed by atoms with Gasteiger partial charge in [-0.05, 0) is 62.4 Å². The number of piperazine rings is 1. The summed E-state index contributed by atoms with van der Waals surface area (Å²) in [5.41, 5.74) is -0.327. The van der Waals surface area contributed by atoms with Crippen molar-refractivity contribution in [2.45, 2.75) is 71.3 Å². The first-order valence-corrected chi connectivity index (χ1v) is 16.5. The first-order valence-electron chi connectivity index (χ1n) is 15.7. The normalized spacial score (nSPS) is 18.9. The third-order valence-corrected chi connectivity index (χ3v) is 9.89. The molecular formula is C33H37F3N7NaO3S. The number of aromatic nitrogens is 3. The average Bonchev–Trinajstić information content (AvgIpc) is 3.67. The van der Waals surface area contributed by atoms with Crippen molar-refractivity contribution in [2.75, 3.05) is 37.6 Å². The smallest absolute Gasteiger partial charge is 0.550 e. The molecule has 0 saturated carbocycles. The van der Waals surface area contributed by atoms with Gasteiger partial charge in [0, 0.05) is 61.2 Å². The summed E-state index contributed by atoms with van der Waals surface area (Å²) in [6.07, 6.45) is 0.282. The van der Waals surface area contributed by atoms with E-state index in [1.807, 2.05) is 11.8 Å². The summed E-state index contributed by atoms with van der Waals surface area (Å²) in [5, 5.41) is 11.3. The van der Waals surface area contributed by atoms with E-state index < -0.39 is 17.7 Å². The number of rotatable bonds is 11. The standard InChI is InChI=1S/C33H38F3N7O3S.Na/c1-20(2)26-6-5-8-42(26)19-28-32(22-12-23(33(34,35)36)14-24(13-22)37-4)40-30(47-28)15-27(44)25-16-39-29(17-38-25)43-11-10-41(21(3)18-43)9-7-31(45)46;/h12-14,16-17,20-21,26H,5-11,15,18-19H2,1-3H3,(H,45,46);/q;+1/p-1/t21-,26?;/m0./s1. The number of hydrogen-bond acceptors (Lipinski definition) is 10. The molecule has 2 atom stereocenters. The van der Waals surface area contributed by atoms with Gasteiger partial charge in [0.2, 0.25) is 0 Å². The van der Waals surface area contributed by atoms with Crippen LogP contribution in [0.2, 0.25) is 0 Å². The summed E-state index contributed by atoms with van der Waals surface area (Å²) in [6, 6.07) is 3.71. The molecule has 3 aromatic rings. The van der Waals surface area contributed by atoms with Gasteiger partial charge in [0.05, 0.1) is 31.1 Å². The molecule has 0 amide bonds. The monoisotopic (exact) mass is 691 g/mol. The van der Waals surface area contributed by atoms with Crippen molar-refractivity contribution < 1.29 is 57.4 Å². The summed E-state index contributed by atoms with van der Waals surface area (Å²) >= 11 is 1.30. The molecule has 4 heterocycles. The zero-order valence-electron chi connectivity index (χ0n) is 27.6. The van der Waals surface area contributed by atoms with Crippen molar-refractivity contribution in [2.24, 2.45) is 5.92 Å². The van der Waals surface area contributed by atoms with Crippen molar-refractivity contribution in [3.8, 4) is 11.3 Å². The van der Waals surface area contributed by atoms with Crippen molar-refractivity contribution in [1.82, 2.24) is 24.8 Å². The SMILES string of the molecule is [C-]#[N+]c1cc(-c2nc(CC(=O)c3cnc(N4CCN(CCC(=O)[O-])[C@@H](C)C4)cn3)sc2CN2CCCC2C(C)C)cc(C(F)(F)F)c1.[Na+]. The topological polar surface area (TPSA) is 110 Å². The Morgan fingerprint density at radius 2 is 1.90 bits per heavy atom. The van der Waals surface area contributed by atoms with Crippen molar-refractivity contribution in [1.29, 1.82) is 0 Å². The summed E-state index contributed by atoms with van der Waals surface area (Å²) in [6.45, 7) is 17.4. The Morgan fingerprint density at radius 3 is 2.52 bits per heavy atom. The van der Waals surface area contributed by atoms with E-state index in [0.717, 1.165) is 36.4 Å². The number of benzene rings is 1. The van der Waals surface area contributed by atoms with Crippen LogP contribution in [0.3, 0.4) is 0 Å². The molecule has 2 aliphatic rings. The van der Waals surface area contributed by atoms with Crippen LogP contribution in [0.4, 0.5) is 24.7 Å². The fraction of sp³-hybridized carbons (Fsp3) is 0.515. The summed E-state index contributed by atoms with van der Waals surface area (Å²) in [5.74, 6) is -0.381. The van der Waals surface area contributed by atoms with Gasteiger partial charge < -0.3 is 14.8 Å². The molecule has 2 saturated heterocycles. The van der Waals surface area contributed by atoms with Gasteiger partial charge in [0.25, 0.3) is 0 Å². The number of halogens is 3. The molecule has 0 aliphatic carbocycles. The second-order valence-electron chi connectivity index (χ2n) is 12.5. The number of hydrogen-bond donors (Lipinski definition) is 0. The van der Waals surface area contributed by atoms with E-state index in [4.69, 9.17) is 6.57 Å². The molecule has 0 bridgehead atoms. The van der Waals surface area contributed by atoms with Gasteiger partial charge in [-0.1, -0.05) is 13.8 Å². The maximum absolute atomic E-state index is 13.8. The number of carbonyl (C=O) groups is 2. The van der Waals surface area contributed by atoms with Crippen LogP contribution in [0.25, 0.3) is 16.1 Å². The molecule has 0 spiro atoms. The Labute approximate surface area is 304 Å². The average molecular weight is 692 g/mol. The van der Waals surface area contributed by atoms with Crippen LogP contribution in [0.1, 0.15) is 66.0 Å². The second kappa shape index (κ2) is 16.2. The molecule has 15 heteroatoms. The molecule has 1 unspecified atom stereocenters. The van der Waals surface area contributed by atoms with Crippen LogP contribution >= 0.6 is 11.3 Å². The number of anilines is 1. The van der Waals surface area contributed by atoms with E-state index in [2.05, 4.69) is 43.4 Å². The Morgan fingerprint density at radius 1 is 1.12 bits per heavy atom. The first-order chi connectivity index (χ1) is 22.3. The van der Waals surface area contributed by atoms with E-state index in [-0.39, 0.29) is 71.2 Å². The minimum absolute atomic E-state index is 0. The third kappa shape index (κ3) is 9.19. The van der Waals surface area contributed by atoms with Gasteiger partial charge >= 0.3 is 35.7 Å². The molecular weight excluding hydrogens is 654 g/mol. The maximum atomic E-state index is 13.8. The summed E-state index contributed by atoms with van der Waals surface area (Å²) < 4.78 is 41.3. The fourth-order valence-corrected chi connectivity index (χ4v) is 7.51. The van der Waals surface area contributed by atoms with Crippen molar-refractivity contribution in [3.63, 3.8) is 0 Å².